The highest BCUT2D eigenvalue weighted by molar-refractivity contribution is 8.00. The van der Waals surface area contributed by atoms with Crippen LogP contribution in [0.5, 0.6) is 0 Å². The fourth-order valence-corrected chi connectivity index (χ4v) is 3.57. The molecule has 0 unspecified atom stereocenters. The fraction of sp³-hybridized carbons (Fsp3) is 0.562. The van der Waals surface area contributed by atoms with Gasteiger partial charge < -0.3 is 10.1 Å². The molecule has 1 saturated carbocycles. The van der Waals surface area contributed by atoms with Gasteiger partial charge in [-0.15, -0.1) is 11.8 Å². The first-order chi connectivity index (χ1) is 9.85. The van der Waals surface area contributed by atoms with Crippen molar-refractivity contribution < 1.29 is 4.74 Å². The number of ether oxygens (including phenoxy) is 1. The zero-order valence-corrected chi connectivity index (χ0v) is 12.4. The van der Waals surface area contributed by atoms with Crippen LogP contribution in [0.3, 0.4) is 0 Å². The Bertz CT molecular complexity index is 502. The van der Waals surface area contributed by atoms with Gasteiger partial charge in [0.2, 0.25) is 0 Å². The molecule has 1 aromatic carbocycles. The van der Waals surface area contributed by atoms with E-state index in [0.717, 1.165) is 43.1 Å². The van der Waals surface area contributed by atoms with Gasteiger partial charge in [0, 0.05) is 35.9 Å². The van der Waals surface area contributed by atoms with Gasteiger partial charge in [-0.25, -0.2) is 0 Å². The van der Waals surface area contributed by atoms with E-state index >= 15 is 0 Å². The van der Waals surface area contributed by atoms with Crippen molar-refractivity contribution in [2.45, 2.75) is 48.4 Å². The molecular formula is C16H20N2OS. The maximum absolute atomic E-state index is 9.35. The highest BCUT2D eigenvalue weighted by Gasteiger charge is 2.20. The minimum atomic E-state index is 0.589. The van der Waals surface area contributed by atoms with Crippen molar-refractivity contribution in [2.75, 3.05) is 13.2 Å². The number of hydrogen-bond donors (Lipinski definition) is 1. The van der Waals surface area contributed by atoms with Crippen LogP contribution in [0.25, 0.3) is 0 Å². The summed E-state index contributed by atoms with van der Waals surface area (Å²) in [5.74, 6) is 0. The summed E-state index contributed by atoms with van der Waals surface area (Å²) < 4.78 is 5.39. The quantitative estimate of drug-likeness (QED) is 0.904. The molecule has 2 fully saturated rings. The minimum Gasteiger partial charge on any atom is -0.381 e. The summed E-state index contributed by atoms with van der Waals surface area (Å²) in [4.78, 5) is 1.12. The highest BCUT2D eigenvalue weighted by atomic mass is 32.2. The Hall–Kier alpha value is -1.02. The molecule has 1 saturated heterocycles. The second kappa shape index (κ2) is 6.62. The smallest absolute Gasteiger partial charge is 0.100 e. The SMILES string of the molecule is N#Cc1cc(CNC2CC2)ccc1SC1CCOCC1. The lowest BCUT2D eigenvalue weighted by atomic mass is 10.1. The van der Waals surface area contributed by atoms with Crippen LogP contribution in [0.4, 0.5) is 0 Å². The van der Waals surface area contributed by atoms with Crippen molar-refractivity contribution in [1.29, 1.82) is 5.26 Å². The standard InChI is InChI=1S/C16H20N2OS/c17-10-13-9-12(11-18-14-2-3-14)1-4-16(13)20-15-5-7-19-8-6-15/h1,4,9,14-15,18H,2-3,5-8,11H2. The molecule has 106 valence electrons. The predicted octanol–water partition coefficient (Wildman–Crippen LogP) is 3.08. The molecule has 4 heteroatoms. The molecule has 0 spiro atoms. The Labute approximate surface area is 124 Å². The molecule has 20 heavy (non-hydrogen) atoms. The van der Waals surface area contributed by atoms with Gasteiger partial charge >= 0.3 is 0 Å². The first-order valence-corrected chi connectivity index (χ1v) is 8.24. The van der Waals surface area contributed by atoms with Gasteiger partial charge in [-0.1, -0.05) is 6.07 Å². The van der Waals surface area contributed by atoms with E-state index in [4.69, 9.17) is 4.74 Å². The van der Waals surface area contributed by atoms with Crippen molar-refractivity contribution in [2.24, 2.45) is 0 Å². The lowest BCUT2D eigenvalue weighted by Gasteiger charge is -2.22. The zero-order valence-electron chi connectivity index (χ0n) is 11.6. The molecule has 0 atom stereocenters. The van der Waals surface area contributed by atoms with Gasteiger partial charge in [0.05, 0.1) is 5.56 Å². The van der Waals surface area contributed by atoms with Crippen molar-refractivity contribution in [3.8, 4) is 6.07 Å². The van der Waals surface area contributed by atoms with E-state index in [-0.39, 0.29) is 0 Å². The second-order valence-electron chi connectivity index (χ2n) is 5.53. The summed E-state index contributed by atoms with van der Waals surface area (Å²) in [6.45, 7) is 2.58. The molecular weight excluding hydrogens is 268 g/mol. The number of nitrogens with zero attached hydrogens (tertiary/aromatic N) is 1. The van der Waals surface area contributed by atoms with E-state index in [9.17, 15) is 5.26 Å². The Balaban J connectivity index is 1.65. The topological polar surface area (TPSA) is 45.0 Å². The number of hydrogen-bond acceptors (Lipinski definition) is 4. The van der Waals surface area contributed by atoms with Crippen molar-refractivity contribution in [3.05, 3.63) is 29.3 Å². The number of nitrogens with one attached hydrogen (secondary N) is 1. The van der Waals surface area contributed by atoms with Crippen LogP contribution >= 0.6 is 11.8 Å². The van der Waals surface area contributed by atoms with Crippen molar-refractivity contribution in [1.82, 2.24) is 5.32 Å². The molecule has 1 aromatic rings. The van der Waals surface area contributed by atoms with Crippen LogP contribution in [0, 0.1) is 11.3 Å². The Morgan fingerprint density at radius 1 is 1.25 bits per heavy atom. The van der Waals surface area contributed by atoms with E-state index in [0.29, 0.717) is 11.3 Å². The van der Waals surface area contributed by atoms with Crippen LogP contribution in [-0.2, 0) is 11.3 Å². The molecule has 1 aliphatic carbocycles. The summed E-state index contributed by atoms with van der Waals surface area (Å²) in [7, 11) is 0. The van der Waals surface area contributed by atoms with Crippen LogP contribution in [0.2, 0.25) is 0 Å². The number of rotatable bonds is 5. The number of thioether (sulfide) groups is 1. The van der Waals surface area contributed by atoms with Crippen LogP contribution < -0.4 is 5.32 Å². The molecule has 0 bridgehead atoms. The summed E-state index contributed by atoms with van der Waals surface area (Å²) >= 11 is 1.84. The van der Waals surface area contributed by atoms with Gasteiger partial charge in [-0.05, 0) is 43.4 Å². The molecule has 1 aliphatic heterocycles. The van der Waals surface area contributed by atoms with Crippen molar-refractivity contribution in [3.63, 3.8) is 0 Å². The number of benzene rings is 1. The highest BCUT2D eigenvalue weighted by Crippen LogP contribution is 2.32. The fourth-order valence-electron chi connectivity index (χ4n) is 2.40. The average Bonchev–Trinajstić information content (AvgIpc) is 3.31. The van der Waals surface area contributed by atoms with E-state index in [1.165, 1.54) is 18.4 Å². The minimum absolute atomic E-state index is 0.589. The maximum atomic E-state index is 9.35. The first kappa shape index (κ1) is 13.9. The van der Waals surface area contributed by atoms with Gasteiger partial charge in [0.1, 0.15) is 6.07 Å². The van der Waals surface area contributed by atoms with E-state index < -0.39 is 0 Å². The third-order valence-corrected chi connectivity index (χ3v) is 5.21. The normalized spacial score (nSPS) is 19.8. The summed E-state index contributed by atoms with van der Waals surface area (Å²) in [6, 6.07) is 9.36. The average molecular weight is 288 g/mol. The predicted molar refractivity (Wildman–Crippen MR) is 80.7 cm³/mol. The van der Waals surface area contributed by atoms with Crippen molar-refractivity contribution >= 4 is 11.8 Å². The summed E-state index contributed by atoms with van der Waals surface area (Å²) in [5, 5.41) is 13.4. The Morgan fingerprint density at radius 2 is 2.05 bits per heavy atom. The number of nitriles is 1. The molecule has 0 aromatic heterocycles. The van der Waals surface area contributed by atoms with E-state index in [1.54, 1.807) is 0 Å². The zero-order chi connectivity index (χ0) is 13.8. The molecule has 1 N–H and O–H groups in total. The van der Waals surface area contributed by atoms with E-state index in [2.05, 4.69) is 23.5 Å². The Kier molecular flexibility index (Phi) is 4.62. The van der Waals surface area contributed by atoms with Crippen LogP contribution in [-0.4, -0.2) is 24.5 Å². The van der Waals surface area contributed by atoms with Gasteiger partial charge in [-0.2, -0.15) is 5.26 Å². The molecule has 2 aliphatic rings. The summed E-state index contributed by atoms with van der Waals surface area (Å²) in [5.41, 5.74) is 2.03. The molecule has 3 rings (SSSR count). The second-order valence-corrected chi connectivity index (χ2v) is 6.87. The molecule has 0 radical (unpaired) electrons. The third kappa shape index (κ3) is 3.76. The summed E-state index contributed by atoms with van der Waals surface area (Å²) in [6.07, 6.45) is 4.76. The first-order valence-electron chi connectivity index (χ1n) is 7.36. The molecule has 0 amide bonds. The van der Waals surface area contributed by atoms with Crippen LogP contribution in [0.1, 0.15) is 36.8 Å². The van der Waals surface area contributed by atoms with E-state index in [1.807, 2.05) is 17.8 Å². The maximum Gasteiger partial charge on any atom is 0.100 e. The van der Waals surface area contributed by atoms with Gasteiger partial charge in [0.25, 0.3) is 0 Å². The largest absolute Gasteiger partial charge is 0.381 e. The third-order valence-electron chi connectivity index (χ3n) is 3.80. The lowest BCUT2D eigenvalue weighted by molar-refractivity contribution is 0.100. The molecule has 1 heterocycles. The van der Waals surface area contributed by atoms with Gasteiger partial charge in [0.15, 0.2) is 0 Å². The monoisotopic (exact) mass is 288 g/mol. The lowest BCUT2D eigenvalue weighted by Crippen LogP contribution is -2.17. The Morgan fingerprint density at radius 3 is 2.75 bits per heavy atom. The molecule has 3 nitrogen and oxygen atoms in total. The van der Waals surface area contributed by atoms with Gasteiger partial charge in [-0.3, -0.25) is 0 Å². The van der Waals surface area contributed by atoms with Crippen LogP contribution in [0.15, 0.2) is 23.1 Å².